The van der Waals surface area contributed by atoms with Crippen molar-refractivity contribution in [3.8, 4) is 5.75 Å². The van der Waals surface area contributed by atoms with Gasteiger partial charge in [0.05, 0.1) is 12.3 Å². The van der Waals surface area contributed by atoms with E-state index in [1.807, 2.05) is 25.1 Å². The Morgan fingerprint density at radius 3 is 3.07 bits per heavy atom. The summed E-state index contributed by atoms with van der Waals surface area (Å²) in [6, 6.07) is 5.77. The van der Waals surface area contributed by atoms with Gasteiger partial charge in [0, 0.05) is 17.1 Å². The van der Waals surface area contributed by atoms with E-state index in [1.54, 1.807) is 0 Å². The SMILES string of the molecule is CCOc1ccc2onc(CCBr)c2c1. The molecule has 0 aliphatic carbocycles. The predicted molar refractivity (Wildman–Crippen MR) is 62.7 cm³/mol. The van der Waals surface area contributed by atoms with Crippen molar-refractivity contribution in [1.82, 2.24) is 5.16 Å². The highest BCUT2D eigenvalue weighted by atomic mass is 79.9. The van der Waals surface area contributed by atoms with Gasteiger partial charge in [0.25, 0.3) is 0 Å². The van der Waals surface area contributed by atoms with Gasteiger partial charge in [-0.25, -0.2) is 0 Å². The summed E-state index contributed by atoms with van der Waals surface area (Å²) in [6.45, 7) is 2.64. The molecule has 1 heterocycles. The second kappa shape index (κ2) is 4.66. The first-order valence-electron chi connectivity index (χ1n) is 4.92. The van der Waals surface area contributed by atoms with Crippen LogP contribution in [0.3, 0.4) is 0 Å². The van der Waals surface area contributed by atoms with Crippen LogP contribution in [-0.2, 0) is 6.42 Å². The molecule has 80 valence electrons. The summed E-state index contributed by atoms with van der Waals surface area (Å²) in [6.07, 6.45) is 0.864. The fourth-order valence-corrected chi connectivity index (χ4v) is 1.87. The van der Waals surface area contributed by atoms with Crippen molar-refractivity contribution in [2.24, 2.45) is 0 Å². The average Bonchev–Trinajstić information content (AvgIpc) is 2.63. The molecule has 1 aromatic carbocycles. The molecule has 0 fully saturated rings. The van der Waals surface area contributed by atoms with E-state index in [1.165, 1.54) is 0 Å². The highest BCUT2D eigenvalue weighted by Crippen LogP contribution is 2.24. The van der Waals surface area contributed by atoms with E-state index in [0.29, 0.717) is 6.61 Å². The van der Waals surface area contributed by atoms with Gasteiger partial charge < -0.3 is 9.26 Å². The first kappa shape index (κ1) is 10.5. The van der Waals surface area contributed by atoms with Crippen molar-refractivity contribution in [3.05, 3.63) is 23.9 Å². The summed E-state index contributed by atoms with van der Waals surface area (Å²) in [4.78, 5) is 0. The Bertz CT molecular complexity index is 453. The molecule has 0 aliphatic rings. The first-order valence-corrected chi connectivity index (χ1v) is 6.04. The highest BCUT2D eigenvalue weighted by Gasteiger charge is 2.08. The van der Waals surface area contributed by atoms with Gasteiger partial charge in [-0.2, -0.15) is 0 Å². The zero-order valence-corrected chi connectivity index (χ0v) is 10.1. The van der Waals surface area contributed by atoms with Gasteiger partial charge in [-0.1, -0.05) is 21.1 Å². The third-order valence-corrected chi connectivity index (χ3v) is 2.55. The number of benzene rings is 1. The Morgan fingerprint density at radius 2 is 2.33 bits per heavy atom. The standard InChI is InChI=1S/C11H12BrNO2/c1-2-14-8-3-4-11-9(7-8)10(5-6-12)13-15-11/h3-4,7H,2,5-6H2,1H3. The molecule has 3 nitrogen and oxygen atoms in total. The number of halogens is 1. The number of aromatic nitrogens is 1. The van der Waals surface area contributed by atoms with Crippen LogP contribution in [0.1, 0.15) is 12.6 Å². The van der Waals surface area contributed by atoms with Gasteiger partial charge in [0.15, 0.2) is 5.58 Å². The topological polar surface area (TPSA) is 35.3 Å². The number of rotatable bonds is 4. The number of alkyl halides is 1. The largest absolute Gasteiger partial charge is 0.494 e. The minimum absolute atomic E-state index is 0.671. The van der Waals surface area contributed by atoms with Crippen LogP contribution >= 0.6 is 15.9 Å². The lowest BCUT2D eigenvalue weighted by atomic mass is 10.2. The normalized spacial score (nSPS) is 10.8. The lowest BCUT2D eigenvalue weighted by Crippen LogP contribution is -1.91. The summed E-state index contributed by atoms with van der Waals surface area (Å²) in [7, 11) is 0. The van der Waals surface area contributed by atoms with E-state index >= 15 is 0 Å². The number of aryl methyl sites for hydroxylation is 1. The van der Waals surface area contributed by atoms with Crippen LogP contribution in [0.25, 0.3) is 11.0 Å². The van der Waals surface area contributed by atoms with Gasteiger partial charge in [-0.05, 0) is 25.1 Å². The molecular weight excluding hydrogens is 258 g/mol. The Hall–Kier alpha value is -1.03. The molecule has 0 saturated carbocycles. The molecule has 2 aromatic rings. The number of ether oxygens (including phenoxy) is 1. The summed E-state index contributed by atoms with van der Waals surface area (Å²) in [5.74, 6) is 0.865. The molecule has 4 heteroatoms. The average molecular weight is 270 g/mol. The van der Waals surface area contributed by atoms with Crippen molar-refractivity contribution in [2.45, 2.75) is 13.3 Å². The van der Waals surface area contributed by atoms with Crippen LogP contribution in [0.2, 0.25) is 0 Å². The Morgan fingerprint density at radius 1 is 1.47 bits per heavy atom. The maximum atomic E-state index is 5.44. The minimum Gasteiger partial charge on any atom is -0.494 e. The van der Waals surface area contributed by atoms with E-state index < -0.39 is 0 Å². The second-order valence-electron chi connectivity index (χ2n) is 3.16. The predicted octanol–water partition coefficient (Wildman–Crippen LogP) is 3.16. The van der Waals surface area contributed by atoms with Crippen molar-refractivity contribution >= 4 is 26.9 Å². The summed E-state index contributed by atoms with van der Waals surface area (Å²) < 4.78 is 10.6. The number of hydrogen-bond donors (Lipinski definition) is 0. The molecule has 0 radical (unpaired) electrons. The Kier molecular flexibility index (Phi) is 3.26. The van der Waals surface area contributed by atoms with Crippen molar-refractivity contribution in [3.63, 3.8) is 0 Å². The number of nitrogens with zero attached hydrogens (tertiary/aromatic N) is 1. The molecule has 1 aromatic heterocycles. The maximum absolute atomic E-state index is 5.44. The molecule has 0 spiro atoms. The van der Waals surface area contributed by atoms with E-state index in [9.17, 15) is 0 Å². The molecule has 0 atom stereocenters. The number of hydrogen-bond acceptors (Lipinski definition) is 3. The van der Waals surface area contributed by atoms with Crippen LogP contribution in [0.5, 0.6) is 5.75 Å². The van der Waals surface area contributed by atoms with Crippen LogP contribution in [0, 0.1) is 0 Å². The van der Waals surface area contributed by atoms with Crippen LogP contribution in [-0.4, -0.2) is 17.1 Å². The molecule has 0 bridgehead atoms. The molecule has 2 rings (SSSR count). The fourth-order valence-electron chi connectivity index (χ4n) is 1.49. The summed E-state index contributed by atoms with van der Waals surface area (Å²) in [5, 5.41) is 5.95. The summed E-state index contributed by atoms with van der Waals surface area (Å²) in [5.41, 5.74) is 1.79. The third kappa shape index (κ3) is 2.15. The lowest BCUT2D eigenvalue weighted by Gasteiger charge is -2.01. The van der Waals surface area contributed by atoms with Gasteiger partial charge in [0.2, 0.25) is 0 Å². The number of fused-ring (bicyclic) bond motifs is 1. The van der Waals surface area contributed by atoms with Gasteiger partial charge in [0.1, 0.15) is 5.75 Å². The van der Waals surface area contributed by atoms with E-state index in [4.69, 9.17) is 9.26 Å². The van der Waals surface area contributed by atoms with Crippen molar-refractivity contribution < 1.29 is 9.26 Å². The molecule has 0 N–H and O–H groups in total. The van der Waals surface area contributed by atoms with Crippen LogP contribution < -0.4 is 4.74 Å². The maximum Gasteiger partial charge on any atom is 0.167 e. The van der Waals surface area contributed by atoms with Crippen LogP contribution in [0.15, 0.2) is 22.7 Å². The monoisotopic (exact) mass is 269 g/mol. The fraction of sp³-hybridized carbons (Fsp3) is 0.364. The van der Waals surface area contributed by atoms with E-state index in [0.717, 1.165) is 34.2 Å². The molecule has 0 saturated heterocycles. The van der Waals surface area contributed by atoms with Crippen molar-refractivity contribution in [2.75, 3.05) is 11.9 Å². The molecular formula is C11H12BrNO2. The zero-order chi connectivity index (χ0) is 10.7. The third-order valence-electron chi connectivity index (χ3n) is 2.16. The molecule has 0 unspecified atom stereocenters. The van der Waals surface area contributed by atoms with Gasteiger partial charge in [-0.15, -0.1) is 0 Å². The summed E-state index contributed by atoms with van der Waals surface area (Å²) >= 11 is 3.39. The minimum atomic E-state index is 0.671. The molecule has 0 amide bonds. The quantitative estimate of drug-likeness (QED) is 0.800. The van der Waals surface area contributed by atoms with Gasteiger partial charge >= 0.3 is 0 Å². The van der Waals surface area contributed by atoms with Crippen molar-refractivity contribution in [1.29, 1.82) is 0 Å². The van der Waals surface area contributed by atoms with E-state index in [-0.39, 0.29) is 0 Å². The van der Waals surface area contributed by atoms with Crippen LogP contribution in [0.4, 0.5) is 0 Å². The van der Waals surface area contributed by atoms with E-state index in [2.05, 4.69) is 21.1 Å². The Labute approximate surface area is 96.5 Å². The lowest BCUT2D eigenvalue weighted by molar-refractivity contribution is 0.340. The first-order chi connectivity index (χ1) is 7.35. The Balaban J connectivity index is 2.42. The molecule has 0 aliphatic heterocycles. The molecule has 15 heavy (non-hydrogen) atoms. The van der Waals surface area contributed by atoms with Gasteiger partial charge in [-0.3, -0.25) is 0 Å². The smallest absolute Gasteiger partial charge is 0.167 e. The zero-order valence-electron chi connectivity index (χ0n) is 8.50. The second-order valence-corrected chi connectivity index (χ2v) is 3.95. The highest BCUT2D eigenvalue weighted by molar-refractivity contribution is 9.09.